The van der Waals surface area contributed by atoms with Crippen molar-refractivity contribution in [2.24, 2.45) is 0 Å². The second-order valence-electron chi connectivity index (χ2n) is 8.25. The molecule has 2 aromatic carbocycles. The van der Waals surface area contributed by atoms with E-state index < -0.39 is 5.97 Å². The first-order valence-corrected chi connectivity index (χ1v) is 10.8. The van der Waals surface area contributed by atoms with Gasteiger partial charge in [0.2, 0.25) is 0 Å². The number of esters is 1. The fraction of sp³-hybridized carbons (Fsp3) is 0.308. The monoisotopic (exact) mass is 429 g/mol. The minimum atomic E-state index is -0.449. The average Bonchev–Trinajstić information content (AvgIpc) is 2.83. The van der Waals surface area contributed by atoms with Gasteiger partial charge in [0.1, 0.15) is 5.82 Å². The topological polar surface area (TPSA) is 72.4 Å². The highest BCUT2D eigenvalue weighted by atomic mass is 16.5. The first-order chi connectivity index (χ1) is 15.5. The van der Waals surface area contributed by atoms with Gasteiger partial charge in [0, 0.05) is 36.3 Å². The van der Waals surface area contributed by atoms with Gasteiger partial charge in [-0.25, -0.2) is 14.8 Å². The molecule has 2 heterocycles. The maximum Gasteiger partial charge on any atom is 0.337 e. The van der Waals surface area contributed by atoms with E-state index in [1.54, 1.807) is 24.3 Å². The Morgan fingerprint density at radius 3 is 2.62 bits per heavy atom. The van der Waals surface area contributed by atoms with Crippen LogP contribution in [0.25, 0.3) is 11.1 Å². The number of carbonyl (C=O) groups is 2. The molecular formula is C26H27N3O3. The molecule has 0 spiro atoms. The number of likely N-dealkylation sites (tertiary alicyclic amines) is 1. The first-order valence-electron chi connectivity index (χ1n) is 10.8. The molecule has 0 N–H and O–H groups in total. The van der Waals surface area contributed by atoms with Crippen molar-refractivity contribution in [1.82, 2.24) is 14.9 Å². The lowest BCUT2D eigenvalue weighted by atomic mass is 9.89. The number of benzene rings is 2. The van der Waals surface area contributed by atoms with Crippen LogP contribution in [0.1, 0.15) is 56.6 Å². The molecule has 3 aromatic rings. The highest BCUT2D eigenvalue weighted by Gasteiger charge is 2.29. The van der Waals surface area contributed by atoms with Crippen molar-refractivity contribution in [1.29, 1.82) is 0 Å². The zero-order chi connectivity index (χ0) is 22.7. The van der Waals surface area contributed by atoms with E-state index in [0.29, 0.717) is 24.2 Å². The van der Waals surface area contributed by atoms with Crippen LogP contribution in [0.3, 0.4) is 0 Å². The van der Waals surface area contributed by atoms with E-state index in [2.05, 4.69) is 30.1 Å². The van der Waals surface area contributed by atoms with E-state index in [4.69, 9.17) is 9.72 Å². The zero-order valence-electron chi connectivity index (χ0n) is 18.7. The molecule has 4 rings (SSSR count). The van der Waals surface area contributed by atoms with E-state index in [-0.39, 0.29) is 11.8 Å². The summed E-state index contributed by atoms with van der Waals surface area (Å²) in [6.07, 6.45) is 3.75. The van der Waals surface area contributed by atoms with Gasteiger partial charge in [0.15, 0.2) is 0 Å². The van der Waals surface area contributed by atoms with Crippen molar-refractivity contribution in [2.75, 3.05) is 20.2 Å². The Balaban J connectivity index is 1.62. The van der Waals surface area contributed by atoms with Crippen molar-refractivity contribution >= 4 is 11.9 Å². The predicted octanol–water partition coefficient (Wildman–Crippen LogP) is 4.57. The Morgan fingerprint density at radius 2 is 1.84 bits per heavy atom. The SMILES string of the molecule is COC(=O)c1cccc(C(=O)N2CCCC(c3nc(C)ncc3-c3cccc(C)c3)C2)c1. The molecule has 32 heavy (non-hydrogen) atoms. The minimum Gasteiger partial charge on any atom is -0.465 e. The Morgan fingerprint density at radius 1 is 1.06 bits per heavy atom. The lowest BCUT2D eigenvalue weighted by molar-refractivity contribution is 0.0600. The Bertz CT molecular complexity index is 1160. The fourth-order valence-corrected chi connectivity index (χ4v) is 4.30. The van der Waals surface area contributed by atoms with Crippen LogP contribution >= 0.6 is 0 Å². The fourth-order valence-electron chi connectivity index (χ4n) is 4.30. The summed E-state index contributed by atoms with van der Waals surface area (Å²) in [6.45, 7) is 5.23. The summed E-state index contributed by atoms with van der Waals surface area (Å²) >= 11 is 0. The minimum absolute atomic E-state index is 0.0802. The Kier molecular flexibility index (Phi) is 6.30. The van der Waals surface area contributed by atoms with E-state index >= 15 is 0 Å². The molecule has 1 amide bonds. The first kappa shape index (κ1) is 21.7. The third-order valence-electron chi connectivity index (χ3n) is 5.89. The number of hydrogen-bond acceptors (Lipinski definition) is 5. The molecule has 0 aliphatic carbocycles. The van der Waals surface area contributed by atoms with Crippen LogP contribution in [-0.4, -0.2) is 46.9 Å². The summed E-state index contributed by atoms with van der Waals surface area (Å²) < 4.78 is 4.79. The highest BCUT2D eigenvalue weighted by molar-refractivity contribution is 5.98. The quantitative estimate of drug-likeness (QED) is 0.568. The van der Waals surface area contributed by atoms with Gasteiger partial charge >= 0.3 is 5.97 Å². The standard InChI is InChI=1S/C26H27N3O3/c1-17-7-4-8-19(13-17)23-15-27-18(2)28-24(23)22-11-6-12-29(16-22)25(30)20-9-5-10-21(14-20)26(31)32-3/h4-5,7-10,13-15,22H,6,11-12,16H2,1-3H3. The molecule has 1 aliphatic rings. The average molecular weight is 430 g/mol. The van der Waals surface area contributed by atoms with Crippen LogP contribution in [0.2, 0.25) is 0 Å². The molecule has 0 bridgehead atoms. The molecule has 1 saturated heterocycles. The van der Waals surface area contributed by atoms with E-state index in [1.807, 2.05) is 24.1 Å². The van der Waals surface area contributed by atoms with Crippen LogP contribution < -0.4 is 0 Å². The number of amides is 1. The van der Waals surface area contributed by atoms with Crippen LogP contribution in [0.5, 0.6) is 0 Å². The van der Waals surface area contributed by atoms with Gasteiger partial charge in [-0.15, -0.1) is 0 Å². The van der Waals surface area contributed by atoms with Crippen LogP contribution in [0, 0.1) is 13.8 Å². The third kappa shape index (κ3) is 4.54. The molecule has 6 heteroatoms. The van der Waals surface area contributed by atoms with Crippen LogP contribution in [-0.2, 0) is 4.74 Å². The number of rotatable bonds is 4. The Labute approximate surface area is 188 Å². The molecule has 1 aliphatic heterocycles. The zero-order valence-corrected chi connectivity index (χ0v) is 18.7. The number of carbonyl (C=O) groups excluding carboxylic acids is 2. The van der Waals surface area contributed by atoms with Crippen molar-refractivity contribution in [3.63, 3.8) is 0 Å². The molecule has 1 fully saturated rings. The van der Waals surface area contributed by atoms with Crippen molar-refractivity contribution in [2.45, 2.75) is 32.6 Å². The summed E-state index contributed by atoms with van der Waals surface area (Å²) in [6, 6.07) is 15.0. The van der Waals surface area contributed by atoms with Gasteiger partial charge in [-0.3, -0.25) is 4.79 Å². The normalized spacial score (nSPS) is 16.0. The number of nitrogens with zero attached hydrogens (tertiary/aromatic N) is 3. The second-order valence-corrected chi connectivity index (χ2v) is 8.25. The van der Waals surface area contributed by atoms with Gasteiger partial charge < -0.3 is 9.64 Å². The number of piperidine rings is 1. The maximum atomic E-state index is 13.2. The lowest BCUT2D eigenvalue weighted by Gasteiger charge is -2.33. The smallest absolute Gasteiger partial charge is 0.337 e. The molecule has 0 radical (unpaired) electrons. The van der Waals surface area contributed by atoms with Gasteiger partial charge in [0.05, 0.1) is 18.4 Å². The number of aryl methyl sites for hydroxylation is 2. The summed E-state index contributed by atoms with van der Waals surface area (Å²) in [5.41, 5.74) is 5.15. The van der Waals surface area contributed by atoms with E-state index in [1.165, 1.54) is 12.7 Å². The molecule has 1 atom stereocenters. The van der Waals surface area contributed by atoms with Crippen molar-refractivity contribution in [3.8, 4) is 11.1 Å². The summed E-state index contributed by atoms with van der Waals surface area (Å²) in [5.74, 6) is 0.318. The summed E-state index contributed by atoms with van der Waals surface area (Å²) in [5, 5.41) is 0. The summed E-state index contributed by atoms with van der Waals surface area (Å²) in [4.78, 5) is 36.2. The number of hydrogen-bond donors (Lipinski definition) is 0. The summed E-state index contributed by atoms with van der Waals surface area (Å²) in [7, 11) is 1.33. The largest absolute Gasteiger partial charge is 0.465 e. The van der Waals surface area contributed by atoms with Crippen LogP contribution in [0.15, 0.2) is 54.7 Å². The number of methoxy groups -OCH3 is 1. The molecule has 6 nitrogen and oxygen atoms in total. The maximum absolute atomic E-state index is 13.2. The second kappa shape index (κ2) is 9.30. The van der Waals surface area contributed by atoms with Gasteiger partial charge in [-0.1, -0.05) is 35.9 Å². The lowest BCUT2D eigenvalue weighted by Crippen LogP contribution is -2.39. The molecule has 164 valence electrons. The Hall–Kier alpha value is -3.54. The van der Waals surface area contributed by atoms with Gasteiger partial charge in [-0.05, 0) is 50.5 Å². The molecule has 1 unspecified atom stereocenters. The third-order valence-corrected chi connectivity index (χ3v) is 5.89. The molecular weight excluding hydrogens is 402 g/mol. The highest BCUT2D eigenvalue weighted by Crippen LogP contribution is 2.33. The number of ether oxygens (including phenoxy) is 1. The molecule has 0 saturated carbocycles. The van der Waals surface area contributed by atoms with E-state index in [9.17, 15) is 9.59 Å². The van der Waals surface area contributed by atoms with E-state index in [0.717, 1.165) is 35.5 Å². The van der Waals surface area contributed by atoms with Gasteiger partial charge in [-0.2, -0.15) is 0 Å². The predicted molar refractivity (Wildman–Crippen MR) is 123 cm³/mol. The van der Waals surface area contributed by atoms with Crippen molar-refractivity contribution in [3.05, 3.63) is 82.9 Å². The van der Waals surface area contributed by atoms with Gasteiger partial charge in [0.25, 0.3) is 5.91 Å². The van der Waals surface area contributed by atoms with Crippen LogP contribution in [0.4, 0.5) is 0 Å². The molecule has 1 aromatic heterocycles. The van der Waals surface area contributed by atoms with Crippen molar-refractivity contribution < 1.29 is 14.3 Å². The number of aromatic nitrogens is 2.